The molecule has 0 radical (unpaired) electrons. The second kappa shape index (κ2) is 4.94. The van der Waals surface area contributed by atoms with Crippen LogP contribution in [-0.2, 0) is 4.79 Å². The van der Waals surface area contributed by atoms with E-state index in [0.717, 1.165) is 12.1 Å². The summed E-state index contributed by atoms with van der Waals surface area (Å²) in [6, 6.07) is 1.91. The number of carboxylic acid groups (broad SMARTS) is 1. The van der Waals surface area contributed by atoms with E-state index in [9.17, 15) is 19.3 Å². The molecule has 6 nitrogen and oxygen atoms in total. The molecule has 0 saturated carbocycles. The number of hydrogen-bond acceptors (Lipinski definition) is 4. The van der Waals surface area contributed by atoms with Gasteiger partial charge in [-0.05, 0) is 6.07 Å². The second-order valence-electron chi connectivity index (χ2n) is 3.02. The molecule has 0 aliphatic heterocycles. The molecule has 0 atom stereocenters. The second-order valence-corrected chi connectivity index (χ2v) is 3.02. The molecule has 7 heteroatoms. The first kappa shape index (κ1) is 12.4. The van der Waals surface area contributed by atoms with Gasteiger partial charge in [0, 0.05) is 11.6 Å². The monoisotopic (exact) mass is 238 g/mol. The van der Waals surface area contributed by atoms with Gasteiger partial charge >= 0.3 is 5.97 Å². The van der Waals surface area contributed by atoms with E-state index in [1.54, 1.807) is 0 Å². The zero-order chi connectivity index (χ0) is 13.0. The van der Waals surface area contributed by atoms with Crippen LogP contribution in [0.3, 0.4) is 0 Å². The lowest BCUT2D eigenvalue weighted by atomic mass is 10.1. The fraction of sp³-hybridized carbons (Fsp3) is 0.100. The van der Waals surface area contributed by atoms with Crippen molar-refractivity contribution in [3.05, 3.63) is 33.6 Å². The minimum Gasteiger partial charge on any atom is -0.481 e. The Morgan fingerprint density at radius 2 is 2.24 bits per heavy atom. The van der Waals surface area contributed by atoms with E-state index in [0.29, 0.717) is 0 Å². The Balaban J connectivity index is 3.13. The van der Waals surface area contributed by atoms with E-state index in [1.165, 1.54) is 0 Å². The van der Waals surface area contributed by atoms with Crippen molar-refractivity contribution in [2.75, 3.05) is 5.73 Å². The summed E-state index contributed by atoms with van der Waals surface area (Å²) >= 11 is 0. The van der Waals surface area contributed by atoms with Crippen molar-refractivity contribution in [1.29, 1.82) is 0 Å². The first-order valence-electron chi connectivity index (χ1n) is 4.36. The van der Waals surface area contributed by atoms with Gasteiger partial charge in [-0.3, -0.25) is 14.9 Å². The Kier molecular flexibility index (Phi) is 3.62. The van der Waals surface area contributed by atoms with E-state index >= 15 is 0 Å². The average Bonchev–Trinajstić information content (AvgIpc) is 2.22. The lowest BCUT2D eigenvalue weighted by molar-refractivity contribution is -0.384. The molecule has 0 aliphatic rings. The molecule has 0 fully saturated rings. The SMILES string of the molecule is Nc1c(F)cc(C#CCC(=O)O)cc1[N+](=O)[O-]. The van der Waals surface area contributed by atoms with E-state index in [4.69, 9.17) is 10.8 Å². The van der Waals surface area contributed by atoms with Crippen molar-refractivity contribution in [3.63, 3.8) is 0 Å². The fourth-order valence-electron chi connectivity index (χ4n) is 1.05. The lowest BCUT2D eigenvalue weighted by Gasteiger charge is -1.99. The van der Waals surface area contributed by atoms with E-state index in [-0.39, 0.29) is 5.56 Å². The maximum Gasteiger partial charge on any atom is 0.315 e. The van der Waals surface area contributed by atoms with Crippen LogP contribution in [0.1, 0.15) is 12.0 Å². The number of hydrogen-bond donors (Lipinski definition) is 2. The molecule has 0 bridgehead atoms. The highest BCUT2D eigenvalue weighted by atomic mass is 19.1. The quantitative estimate of drug-likeness (QED) is 0.348. The summed E-state index contributed by atoms with van der Waals surface area (Å²) in [5, 5.41) is 18.9. The van der Waals surface area contributed by atoms with Crippen LogP contribution in [0.2, 0.25) is 0 Å². The van der Waals surface area contributed by atoms with Gasteiger partial charge in [0.2, 0.25) is 0 Å². The Morgan fingerprint density at radius 1 is 1.59 bits per heavy atom. The summed E-state index contributed by atoms with van der Waals surface area (Å²) in [5.41, 5.74) is 4.01. The van der Waals surface area contributed by atoms with Gasteiger partial charge in [-0.2, -0.15) is 0 Å². The summed E-state index contributed by atoms with van der Waals surface area (Å²) < 4.78 is 13.2. The smallest absolute Gasteiger partial charge is 0.315 e. The van der Waals surface area contributed by atoms with E-state index in [2.05, 4.69) is 11.8 Å². The number of nitrogens with two attached hydrogens (primary N) is 1. The van der Waals surface area contributed by atoms with Crippen molar-refractivity contribution in [3.8, 4) is 11.8 Å². The molecule has 0 aliphatic carbocycles. The lowest BCUT2D eigenvalue weighted by Crippen LogP contribution is -1.99. The fourth-order valence-corrected chi connectivity index (χ4v) is 1.05. The minimum absolute atomic E-state index is 0.00431. The van der Waals surface area contributed by atoms with Crippen LogP contribution in [0.25, 0.3) is 0 Å². The zero-order valence-electron chi connectivity index (χ0n) is 8.44. The summed E-state index contributed by atoms with van der Waals surface area (Å²) in [4.78, 5) is 19.9. The van der Waals surface area contributed by atoms with Crippen molar-refractivity contribution < 1.29 is 19.2 Å². The molecule has 0 spiro atoms. The molecule has 0 saturated heterocycles. The standard InChI is InChI=1S/C10H7FN2O4/c11-7-4-6(2-1-3-9(14)15)5-8(10(7)12)13(16)17/h4-5H,3,12H2,(H,14,15). The van der Waals surface area contributed by atoms with Gasteiger partial charge in [-0.1, -0.05) is 11.8 Å². The van der Waals surface area contributed by atoms with Crippen LogP contribution in [0.4, 0.5) is 15.8 Å². The highest BCUT2D eigenvalue weighted by Gasteiger charge is 2.16. The van der Waals surface area contributed by atoms with Crippen molar-refractivity contribution >= 4 is 17.3 Å². The highest BCUT2D eigenvalue weighted by molar-refractivity contribution is 5.70. The van der Waals surface area contributed by atoms with Gasteiger partial charge in [0.15, 0.2) is 5.82 Å². The van der Waals surface area contributed by atoms with Gasteiger partial charge < -0.3 is 10.8 Å². The molecule has 17 heavy (non-hydrogen) atoms. The molecule has 1 aromatic rings. The van der Waals surface area contributed by atoms with Gasteiger partial charge in [0.25, 0.3) is 5.69 Å². The number of carbonyl (C=O) groups is 1. The number of nitro groups is 1. The molecule has 88 valence electrons. The number of nitrogen functional groups attached to an aromatic ring is 1. The Hall–Kier alpha value is -2.62. The molecular formula is C10H7FN2O4. The van der Waals surface area contributed by atoms with Crippen LogP contribution >= 0.6 is 0 Å². The van der Waals surface area contributed by atoms with Gasteiger partial charge in [0.1, 0.15) is 12.1 Å². The topological polar surface area (TPSA) is 106 Å². The van der Waals surface area contributed by atoms with Crippen LogP contribution in [0, 0.1) is 27.8 Å². The number of nitrogens with zero attached hydrogens (tertiary/aromatic N) is 1. The highest BCUT2D eigenvalue weighted by Crippen LogP contribution is 2.25. The number of carboxylic acids is 1. The molecular weight excluding hydrogens is 231 g/mol. The summed E-state index contributed by atoms with van der Waals surface area (Å²) in [5.74, 6) is 2.45. The Labute approximate surface area is 95.0 Å². The average molecular weight is 238 g/mol. The summed E-state index contributed by atoms with van der Waals surface area (Å²) in [6.45, 7) is 0. The Morgan fingerprint density at radius 3 is 2.76 bits per heavy atom. The van der Waals surface area contributed by atoms with Gasteiger partial charge in [0.05, 0.1) is 4.92 Å². The molecule has 0 heterocycles. The first-order valence-corrected chi connectivity index (χ1v) is 4.36. The molecule has 1 aromatic carbocycles. The minimum atomic E-state index is -1.14. The van der Waals surface area contributed by atoms with Crippen molar-refractivity contribution in [2.45, 2.75) is 6.42 Å². The molecule has 1 rings (SSSR count). The molecule has 0 unspecified atom stereocenters. The molecule has 3 N–H and O–H groups in total. The maximum absolute atomic E-state index is 13.2. The van der Waals surface area contributed by atoms with Gasteiger partial charge in [-0.15, -0.1) is 0 Å². The number of aliphatic carboxylic acids is 1. The largest absolute Gasteiger partial charge is 0.481 e. The number of anilines is 1. The molecule has 0 amide bonds. The zero-order valence-corrected chi connectivity index (χ0v) is 8.44. The Bertz CT molecular complexity index is 545. The predicted molar refractivity (Wildman–Crippen MR) is 56.6 cm³/mol. The van der Waals surface area contributed by atoms with Crippen molar-refractivity contribution in [1.82, 2.24) is 0 Å². The maximum atomic E-state index is 13.2. The number of halogens is 1. The summed E-state index contributed by atoms with van der Waals surface area (Å²) in [7, 11) is 0. The number of rotatable bonds is 2. The van der Waals surface area contributed by atoms with Crippen LogP contribution in [0.5, 0.6) is 0 Å². The number of nitro benzene ring substituents is 1. The van der Waals surface area contributed by atoms with Crippen molar-refractivity contribution in [2.24, 2.45) is 0 Å². The van der Waals surface area contributed by atoms with Gasteiger partial charge in [-0.25, -0.2) is 4.39 Å². The predicted octanol–water partition coefficient (Wildman–Crippen LogP) is 1.14. The van der Waals surface area contributed by atoms with E-state index in [1.807, 2.05) is 0 Å². The molecule has 0 aromatic heterocycles. The first-order chi connectivity index (χ1) is 7.91. The summed E-state index contributed by atoms with van der Waals surface area (Å²) in [6.07, 6.45) is -0.431. The third kappa shape index (κ3) is 3.17. The van der Waals surface area contributed by atoms with Crippen LogP contribution in [-0.4, -0.2) is 16.0 Å². The number of benzene rings is 1. The third-order valence-electron chi connectivity index (χ3n) is 1.78. The van der Waals surface area contributed by atoms with Crippen LogP contribution < -0.4 is 5.73 Å². The van der Waals surface area contributed by atoms with E-state index < -0.39 is 34.5 Å². The van der Waals surface area contributed by atoms with Crippen LogP contribution in [0.15, 0.2) is 12.1 Å². The normalized spacial score (nSPS) is 9.24. The third-order valence-corrected chi connectivity index (χ3v) is 1.78.